The lowest BCUT2D eigenvalue weighted by atomic mass is 10.1. The number of aromatic nitrogens is 2. The first-order chi connectivity index (χ1) is 11.7. The molecule has 1 aromatic heterocycles. The zero-order valence-electron chi connectivity index (χ0n) is 14.1. The van der Waals surface area contributed by atoms with Crippen LogP contribution in [0, 0.1) is 0 Å². The molecule has 4 rings (SSSR count). The predicted molar refractivity (Wildman–Crippen MR) is 91.0 cm³/mol. The highest BCUT2D eigenvalue weighted by Crippen LogP contribution is 2.39. The fourth-order valence-corrected chi connectivity index (χ4v) is 3.27. The topological polar surface area (TPSA) is 59.2 Å². The van der Waals surface area contributed by atoms with Crippen molar-refractivity contribution in [3.05, 3.63) is 41.5 Å². The van der Waals surface area contributed by atoms with Gasteiger partial charge in [0, 0.05) is 24.6 Å². The lowest BCUT2D eigenvalue weighted by Gasteiger charge is -2.16. The number of nitrogens with zero attached hydrogens (tertiary/aromatic N) is 3. The third kappa shape index (κ3) is 3.07. The summed E-state index contributed by atoms with van der Waals surface area (Å²) in [5.41, 5.74) is 2.29. The van der Waals surface area contributed by atoms with Crippen LogP contribution in [-0.2, 0) is 11.2 Å². The maximum absolute atomic E-state index is 12.4. The third-order valence-corrected chi connectivity index (χ3v) is 4.94. The largest absolute Gasteiger partial charge is 0.339 e. The smallest absolute Gasteiger partial charge is 0.232 e. The second-order valence-corrected chi connectivity index (χ2v) is 6.94. The zero-order valence-corrected chi connectivity index (χ0v) is 14.1. The van der Waals surface area contributed by atoms with Crippen molar-refractivity contribution in [1.29, 1.82) is 0 Å². The Morgan fingerprint density at radius 3 is 2.71 bits per heavy atom. The van der Waals surface area contributed by atoms with E-state index in [-0.39, 0.29) is 11.8 Å². The van der Waals surface area contributed by atoms with Crippen molar-refractivity contribution in [2.45, 2.75) is 57.3 Å². The van der Waals surface area contributed by atoms with Crippen molar-refractivity contribution in [2.24, 2.45) is 0 Å². The van der Waals surface area contributed by atoms with E-state index in [1.807, 2.05) is 4.90 Å². The first-order valence-electron chi connectivity index (χ1n) is 8.97. The molecular weight excluding hydrogens is 302 g/mol. The van der Waals surface area contributed by atoms with Gasteiger partial charge in [-0.1, -0.05) is 30.6 Å². The Balaban J connectivity index is 1.45. The van der Waals surface area contributed by atoms with Crippen LogP contribution in [0.25, 0.3) is 0 Å². The van der Waals surface area contributed by atoms with Crippen LogP contribution in [0.3, 0.4) is 0 Å². The molecule has 0 spiro atoms. The van der Waals surface area contributed by atoms with Crippen molar-refractivity contribution in [3.8, 4) is 0 Å². The van der Waals surface area contributed by atoms with E-state index in [1.54, 1.807) is 0 Å². The van der Waals surface area contributed by atoms with Gasteiger partial charge in [0.2, 0.25) is 11.8 Å². The highest BCUT2D eigenvalue weighted by Gasteiger charge is 2.36. The van der Waals surface area contributed by atoms with Gasteiger partial charge in [0.25, 0.3) is 0 Å². The van der Waals surface area contributed by atoms with E-state index in [0.717, 1.165) is 30.8 Å². The van der Waals surface area contributed by atoms with Crippen molar-refractivity contribution < 1.29 is 9.32 Å². The number of carbonyl (C=O) groups is 1. The molecular formula is C19H23N3O2. The summed E-state index contributed by atoms with van der Waals surface area (Å²) in [6.07, 6.45) is 6.24. The minimum Gasteiger partial charge on any atom is -0.339 e. The number of unbranched alkanes of at least 4 members (excludes halogenated alkanes) is 1. The number of hydrogen-bond donors (Lipinski definition) is 0. The zero-order chi connectivity index (χ0) is 16.5. The maximum Gasteiger partial charge on any atom is 0.232 e. The Bertz CT molecular complexity index is 718. The molecule has 2 aliphatic rings. The van der Waals surface area contributed by atoms with Gasteiger partial charge in [-0.25, -0.2) is 0 Å². The number of rotatable bonds is 6. The minimum absolute atomic E-state index is 0.0114. The highest BCUT2D eigenvalue weighted by molar-refractivity contribution is 5.96. The van der Waals surface area contributed by atoms with E-state index in [9.17, 15) is 4.79 Å². The van der Waals surface area contributed by atoms with E-state index in [2.05, 4.69) is 41.3 Å². The lowest BCUT2D eigenvalue weighted by Crippen LogP contribution is -2.24. The van der Waals surface area contributed by atoms with Crippen molar-refractivity contribution in [1.82, 2.24) is 10.1 Å². The molecule has 1 aliphatic carbocycles. The van der Waals surface area contributed by atoms with Gasteiger partial charge in [0.05, 0.1) is 5.92 Å². The van der Waals surface area contributed by atoms with Crippen LogP contribution in [0.2, 0.25) is 0 Å². The van der Waals surface area contributed by atoms with Gasteiger partial charge in [0.15, 0.2) is 5.82 Å². The molecule has 1 saturated heterocycles. The molecule has 1 amide bonds. The number of carbonyl (C=O) groups excluding carboxylic acids is 1. The third-order valence-electron chi connectivity index (χ3n) is 4.94. The molecule has 2 fully saturated rings. The van der Waals surface area contributed by atoms with Crippen molar-refractivity contribution in [3.63, 3.8) is 0 Å². The summed E-state index contributed by atoms with van der Waals surface area (Å²) in [7, 11) is 0. The first-order valence-corrected chi connectivity index (χ1v) is 8.97. The van der Waals surface area contributed by atoms with E-state index in [0.29, 0.717) is 24.8 Å². The van der Waals surface area contributed by atoms with E-state index >= 15 is 0 Å². The standard InChI is InChI=1S/C19H23N3O2/c1-2-3-4-13-5-9-16(10-6-13)22-12-15(11-17(22)23)19-20-18(21-24-19)14-7-8-14/h5-6,9-10,14-15H,2-4,7-8,11-12H2,1H3. The molecule has 1 atom stereocenters. The SMILES string of the molecule is CCCCc1ccc(N2CC(c3nc(C4CC4)no3)CC2=O)cc1. The molecule has 0 radical (unpaired) electrons. The fourth-order valence-electron chi connectivity index (χ4n) is 3.27. The molecule has 2 heterocycles. The summed E-state index contributed by atoms with van der Waals surface area (Å²) in [6, 6.07) is 8.36. The second kappa shape index (κ2) is 6.38. The summed E-state index contributed by atoms with van der Waals surface area (Å²) in [5.74, 6) is 2.06. The second-order valence-electron chi connectivity index (χ2n) is 6.94. The Hall–Kier alpha value is -2.17. The number of benzene rings is 1. The Morgan fingerprint density at radius 2 is 2.00 bits per heavy atom. The quantitative estimate of drug-likeness (QED) is 0.810. The van der Waals surface area contributed by atoms with Gasteiger partial charge in [-0.2, -0.15) is 4.98 Å². The number of hydrogen-bond acceptors (Lipinski definition) is 4. The van der Waals surface area contributed by atoms with Crippen LogP contribution in [0.1, 0.15) is 68.1 Å². The number of anilines is 1. The molecule has 1 unspecified atom stereocenters. The highest BCUT2D eigenvalue weighted by atomic mass is 16.5. The summed E-state index contributed by atoms with van der Waals surface area (Å²) in [4.78, 5) is 18.8. The van der Waals surface area contributed by atoms with E-state index < -0.39 is 0 Å². The van der Waals surface area contributed by atoms with Gasteiger partial charge in [-0.3, -0.25) is 4.79 Å². The molecule has 126 valence electrons. The molecule has 1 saturated carbocycles. The van der Waals surface area contributed by atoms with E-state index in [1.165, 1.54) is 18.4 Å². The average molecular weight is 325 g/mol. The maximum atomic E-state index is 12.4. The summed E-state index contributed by atoms with van der Waals surface area (Å²) in [5, 5.41) is 4.07. The van der Waals surface area contributed by atoms with Crippen LogP contribution in [-0.4, -0.2) is 22.6 Å². The number of amides is 1. The van der Waals surface area contributed by atoms with Crippen LogP contribution in [0.5, 0.6) is 0 Å². The van der Waals surface area contributed by atoms with Crippen LogP contribution >= 0.6 is 0 Å². The Morgan fingerprint density at radius 1 is 1.21 bits per heavy atom. The first kappa shape index (κ1) is 15.4. The number of aryl methyl sites for hydroxylation is 1. The van der Waals surface area contributed by atoms with Crippen molar-refractivity contribution in [2.75, 3.05) is 11.4 Å². The monoisotopic (exact) mass is 325 g/mol. The van der Waals surface area contributed by atoms with Crippen LogP contribution in [0.15, 0.2) is 28.8 Å². The van der Waals surface area contributed by atoms with Gasteiger partial charge in [-0.15, -0.1) is 0 Å². The van der Waals surface area contributed by atoms with Gasteiger partial charge < -0.3 is 9.42 Å². The lowest BCUT2D eigenvalue weighted by molar-refractivity contribution is -0.117. The molecule has 2 aromatic rings. The van der Waals surface area contributed by atoms with Gasteiger partial charge >= 0.3 is 0 Å². The van der Waals surface area contributed by atoms with Gasteiger partial charge in [-0.05, 0) is 43.4 Å². The van der Waals surface area contributed by atoms with Crippen molar-refractivity contribution >= 4 is 11.6 Å². The van der Waals surface area contributed by atoms with Gasteiger partial charge in [0.1, 0.15) is 0 Å². The summed E-state index contributed by atoms with van der Waals surface area (Å²) in [6.45, 7) is 2.82. The Labute approximate surface area is 142 Å². The van der Waals surface area contributed by atoms with Crippen LogP contribution < -0.4 is 4.90 Å². The summed E-state index contributed by atoms with van der Waals surface area (Å²) >= 11 is 0. The average Bonchev–Trinajstić information content (AvgIpc) is 3.20. The molecule has 5 nitrogen and oxygen atoms in total. The van der Waals surface area contributed by atoms with Crippen LogP contribution in [0.4, 0.5) is 5.69 Å². The molecule has 5 heteroatoms. The summed E-state index contributed by atoms with van der Waals surface area (Å²) < 4.78 is 5.41. The molecule has 1 aromatic carbocycles. The normalized spacial score (nSPS) is 20.8. The minimum atomic E-state index is 0.0114. The Kier molecular flexibility index (Phi) is 4.08. The molecule has 1 aliphatic heterocycles. The molecule has 0 N–H and O–H groups in total. The fraction of sp³-hybridized carbons (Fsp3) is 0.526. The molecule has 0 bridgehead atoms. The molecule has 24 heavy (non-hydrogen) atoms. The van der Waals surface area contributed by atoms with E-state index in [4.69, 9.17) is 4.52 Å². The predicted octanol–water partition coefficient (Wildman–Crippen LogP) is 3.81.